The summed E-state index contributed by atoms with van der Waals surface area (Å²) in [5, 5.41) is 10.8. The fourth-order valence-electron chi connectivity index (χ4n) is 3.54. The maximum Gasteiger partial charge on any atom is 0.236 e. The van der Waals surface area contributed by atoms with Gasteiger partial charge in [-0.1, -0.05) is 12.1 Å². The number of nitrogens with one attached hydrogen (secondary N) is 2. The van der Waals surface area contributed by atoms with Crippen LogP contribution in [0.1, 0.15) is 25.0 Å². The van der Waals surface area contributed by atoms with Gasteiger partial charge in [-0.15, -0.1) is 0 Å². The first-order valence-electron chi connectivity index (χ1n) is 8.51. The summed E-state index contributed by atoms with van der Waals surface area (Å²) in [5.41, 5.74) is 3.80. The average molecular weight is 348 g/mol. The van der Waals surface area contributed by atoms with Crippen molar-refractivity contribution < 1.29 is 9.59 Å². The fraction of sp³-hybridized carbons (Fsp3) is 0.250. The molecule has 1 aromatic heterocycles. The highest BCUT2D eigenvalue weighted by molar-refractivity contribution is 6.07. The minimum Gasteiger partial charge on any atom is -0.326 e. The summed E-state index contributed by atoms with van der Waals surface area (Å²) < 4.78 is 0. The number of aromatic nitrogens is 2. The van der Waals surface area contributed by atoms with E-state index in [0.29, 0.717) is 0 Å². The molecule has 2 amide bonds. The summed E-state index contributed by atoms with van der Waals surface area (Å²) in [6.45, 7) is 3.84. The van der Waals surface area contributed by atoms with Gasteiger partial charge in [0.25, 0.3) is 0 Å². The first kappa shape index (κ1) is 16.3. The van der Waals surface area contributed by atoms with E-state index in [-0.39, 0.29) is 18.2 Å². The van der Waals surface area contributed by atoms with Gasteiger partial charge in [0, 0.05) is 23.8 Å². The molecule has 0 saturated carbocycles. The van der Waals surface area contributed by atoms with Gasteiger partial charge in [-0.2, -0.15) is 5.10 Å². The van der Waals surface area contributed by atoms with Gasteiger partial charge in [-0.05, 0) is 49.2 Å². The van der Waals surface area contributed by atoms with Crippen LogP contribution in [-0.2, 0) is 21.4 Å². The van der Waals surface area contributed by atoms with E-state index < -0.39 is 5.41 Å². The van der Waals surface area contributed by atoms with Crippen molar-refractivity contribution in [2.45, 2.75) is 25.7 Å². The van der Waals surface area contributed by atoms with E-state index in [2.05, 4.69) is 15.5 Å². The molecule has 132 valence electrons. The molecule has 3 aromatic rings. The van der Waals surface area contributed by atoms with E-state index in [1.54, 1.807) is 18.1 Å². The Morgan fingerprint density at radius 1 is 1.23 bits per heavy atom. The van der Waals surface area contributed by atoms with Gasteiger partial charge in [0.15, 0.2) is 0 Å². The number of benzene rings is 2. The van der Waals surface area contributed by atoms with Crippen LogP contribution in [-0.4, -0.2) is 29.1 Å². The van der Waals surface area contributed by atoms with Crippen molar-refractivity contribution in [1.29, 1.82) is 0 Å². The molecule has 0 aliphatic carbocycles. The number of hydrogen-bond donors (Lipinski definition) is 2. The van der Waals surface area contributed by atoms with Crippen molar-refractivity contribution in [2.24, 2.45) is 0 Å². The molecule has 26 heavy (non-hydrogen) atoms. The number of H-pyrrole nitrogens is 1. The Kier molecular flexibility index (Phi) is 3.57. The van der Waals surface area contributed by atoms with Crippen LogP contribution in [0.5, 0.6) is 0 Å². The topological polar surface area (TPSA) is 78.1 Å². The molecule has 0 unspecified atom stereocenters. The molecule has 6 nitrogen and oxygen atoms in total. The van der Waals surface area contributed by atoms with Gasteiger partial charge in [-0.25, -0.2) is 0 Å². The second-order valence-electron chi connectivity index (χ2n) is 7.24. The molecule has 2 aromatic carbocycles. The van der Waals surface area contributed by atoms with Crippen LogP contribution in [0.3, 0.4) is 0 Å². The zero-order valence-corrected chi connectivity index (χ0v) is 15.0. The third-order valence-electron chi connectivity index (χ3n) is 5.03. The number of hydrogen-bond acceptors (Lipinski definition) is 3. The van der Waals surface area contributed by atoms with Gasteiger partial charge >= 0.3 is 0 Å². The van der Waals surface area contributed by atoms with Gasteiger partial charge < -0.3 is 10.2 Å². The Bertz CT molecular complexity index is 1040. The lowest BCUT2D eigenvalue weighted by atomic mass is 9.85. The second kappa shape index (κ2) is 5.69. The van der Waals surface area contributed by atoms with E-state index in [0.717, 1.165) is 33.4 Å². The fourth-order valence-corrected chi connectivity index (χ4v) is 3.54. The number of anilines is 2. The minimum atomic E-state index is -0.567. The predicted octanol–water partition coefficient (Wildman–Crippen LogP) is 3.00. The average Bonchev–Trinajstić information content (AvgIpc) is 3.13. The lowest BCUT2D eigenvalue weighted by Crippen LogP contribution is -2.33. The van der Waals surface area contributed by atoms with Crippen LogP contribution < -0.4 is 10.2 Å². The van der Waals surface area contributed by atoms with E-state index in [1.165, 1.54) is 0 Å². The number of carbonyl (C=O) groups is 2. The first-order chi connectivity index (χ1) is 12.4. The molecule has 0 radical (unpaired) electrons. The normalized spacial score (nSPS) is 15.3. The second-order valence-corrected chi connectivity index (χ2v) is 7.24. The molecule has 0 spiro atoms. The summed E-state index contributed by atoms with van der Waals surface area (Å²) in [5.74, 6) is -0.0266. The van der Waals surface area contributed by atoms with Gasteiger partial charge in [-0.3, -0.25) is 14.7 Å². The van der Waals surface area contributed by atoms with E-state index in [4.69, 9.17) is 0 Å². The Labute approximate surface area is 151 Å². The Morgan fingerprint density at radius 2 is 2.04 bits per heavy atom. The molecule has 1 aliphatic heterocycles. The maximum atomic E-state index is 12.4. The largest absolute Gasteiger partial charge is 0.326 e. The molecular weight excluding hydrogens is 328 g/mol. The number of nitrogens with zero attached hydrogens (tertiary/aromatic N) is 2. The van der Waals surface area contributed by atoms with Gasteiger partial charge in [0.05, 0.1) is 23.5 Å². The molecule has 6 heteroatoms. The van der Waals surface area contributed by atoms with Crippen LogP contribution in [0.4, 0.5) is 11.4 Å². The van der Waals surface area contributed by atoms with Gasteiger partial charge in [0.1, 0.15) is 0 Å². The SMILES string of the molecule is CN1C(=O)C(C)(C)c2cc(CC(=O)Nc3ccc4cn[nH]c4c3)ccc21. The zero-order chi connectivity index (χ0) is 18.5. The number of aromatic amines is 1. The van der Waals surface area contributed by atoms with Crippen LogP contribution in [0.2, 0.25) is 0 Å². The van der Waals surface area contributed by atoms with Crippen molar-refractivity contribution in [3.8, 4) is 0 Å². The number of amides is 2. The van der Waals surface area contributed by atoms with Crippen LogP contribution in [0.15, 0.2) is 42.6 Å². The van der Waals surface area contributed by atoms with E-state index in [1.807, 2.05) is 50.2 Å². The third-order valence-corrected chi connectivity index (χ3v) is 5.03. The number of fused-ring (bicyclic) bond motifs is 2. The molecule has 0 fully saturated rings. The lowest BCUT2D eigenvalue weighted by molar-refractivity contribution is -0.121. The summed E-state index contributed by atoms with van der Waals surface area (Å²) in [7, 11) is 1.79. The Hall–Kier alpha value is -3.15. The summed E-state index contributed by atoms with van der Waals surface area (Å²) in [6.07, 6.45) is 1.99. The highest BCUT2D eigenvalue weighted by atomic mass is 16.2. The molecule has 0 saturated heterocycles. The van der Waals surface area contributed by atoms with Crippen molar-refractivity contribution in [1.82, 2.24) is 10.2 Å². The van der Waals surface area contributed by atoms with Crippen LogP contribution in [0.25, 0.3) is 10.9 Å². The number of likely N-dealkylation sites (N-methyl/N-ethyl adjacent to an activating group) is 1. The van der Waals surface area contributed by atoms with Gasteiger partial charge in [0.2, 0.25) is 11.8 Å². The summed E-state index contributed by atoms with van der Waals surface area (Å²) in [4.78, 5) is 26.5. The molecule has 0 bridgehead atoms. The minimum absolute atomic E-state index is 0.0713. The summed E-state index contributed by atoms with van der Waals surface area (Å²) in [6, 6.07) is 11.4. The molecule has 4 rings (SSSR count). The molecule has 1 aliphatic rings. The standard InChI is InChI=1S/C20H20N4O2/c1-20(2)15-8-12(4-7-17(15)24(3)19(20)26)9-18(25)22-14-6-5-13-11-21-23-16(13)10-14/h4-8,10-11H,9H2,1-3H3,(H,21,23)(H,22,25). The number of carbonyl (C=O) groups excluding carboxylic acids is 2. The quantitative estimate of drug-likeness (QED) is 0.764. The lowest BCUT2D eigenvalue weighted by Gasteiger charge is -2.16. The van der Waals surface area contributed by atoms with Crippen molar-refractivity contribution in [3.05, 3.63) is 53.7 Å². The van der Waals surface area contributed by atoms with Crippen LogP contribution in [0, 0.1) is 0 Å². The van der Waals surface area contributed by atoms with Crippen LogP contribution >= 0.6 is 0 Å². The first-order valence-corrected chi connectivity index (χ1v) is 8.51. The zero-order valence-electron chi connectivity index (χ0n) is 15.0. The smallest absolute Gasteiger partial charge is 0.236 e. The monoisotopic (exact) mass is 348 g/mol. The van der Waals surface area contributed by atoms with E-state index in [9.17, 15) is 9.59 Å². The molecule has 2 heterocycles. The highest BCUT2D eigenvalue weighted by Crippen LogP contribution is 2.41. The molecular formula is C20H20N4O2. The van der Waals surface area contributed by atoms with Crippen molar-refractivity contribution in [3.63, 3.8) is 0 Å². The molecule has 0 atom stereocenters. The Morgan fingerprint density at radius 3 is 2.85 bits per heavy atom. The van der Waals surface area contributed by atoms with E-state index >= 15 is 0 Å². The van der Waals surface area contributed by atoms with Crippen molar-refractivity contribution in [2.75, 3.05) is 17.3 Å². The molecule has 2 N–H and O–H groups in total. The predicted molar refractivity (Wildman–Crippen MR) is 101 cm³/mol. The Balaban J connectivity index is 1.53. The maximum absolute atomic E-state index is 12.4. The highest BCUT2D eigenvalue weighted by Gasteiger charge is 2.42. The third kappa shape index (κ3) is 2.54. The van der Waals surface area contributed by atoms with Crippen molar-refractivity contribution >= 4 is 34.1 Å². The number of rotatable bonds is 3. The summed E-state index contributed by atoms with van der Waals surface area (Å²) >= 11 is 0.